The molecule has 1 unspecified atom stereocenters. The number of rotatable bonds is 4. The molecule has 1 aliphatic rings. The highest BCUT2D eigenvalue weighted by Gasteiger charge is 2.20. The Labute approximate surface area is 132 Å². The van der Waals surface area contributed by atoms with Gasteiger partial charge in [-0.25, -0.2) is 4.79 Å². The number of carbonyl (C=O) groups excluding carboxylic acids is 1. The lowest BCUT2D eigenvalue weighted by molar-refractivity contribution is -0.141. The van der Waals surface area contributed by atoms with Gasteiger partial charge in [0.15, 0.2) is 17.6 Å². The van der Waals surface area contributed by atoms with Crippen LogP contribution in [0.2, 0.25) is 0 Å². The van der Waals surface area contributed by atoms with Gasteiger partial charge in [-0.05, 0) is 43.3 Å². The number of hydrogen-bond acceptors (Lipinski definition) is 6. The second kappa shape index (κ2) is 6.28. The topological polar surface area (TPSA) is 77.8 Å². The minimum atomic E-state index is -0.798. The maximum absolute atomic E-state index is 12.1. The molecule has 23 heavy (non-hydrogen) atoms. The lowest BCUT2D eigenvalue weighted by Crippen LogP contribution is -2.28. The third-order valence-corrected chi connectivity index (χ3v) is 3.19. The Balaban J connectivity index is 1.62. The van der Waals surface area contributed by atoms with Crippen molar-refractivity contribution in [2.45, 2.75) is 13.0 Å². The van der Waals surface area contributed by atoms with Crippen LogP contribution < -0.4 is 18.9 Å². The average Bonchev–Trinajstić information content (AvgIpc) is 3.03. The van der Waals surface area contributed by atoms with Gasteiger partial charge >= 0.3 is 5.97 Å². The molecule has 0 saturated carbocycles. The summed E-state index contributed by atoms with van der Waals surface area (Å²) in [4.78, 5) is 12.1. The fourth-order valence-electron chi connectivity index (χ4n) is 2.00. The van der Waals surface area contributed by atoms with E-state index >= 15 is 0 Å². The highest BCUT2D eigenvalue weighted by molar-refractivity contribution is 5.77. The molecule has 0 spiro atoms. The van der Waals surface area contributed by atoms with E-state index in [2.05, 4.69) is 0 Å². The predicted octanol–water partition coefficient (Wildman–Crippen LogP) is 2.66. The van der Waals surface area contributed by atoms with E-state index in [0.717, 1.165) is 0 Å². The van der Waals surface area contributed by atoms with E-state index < -0.39 is 12.1 Å². The van der Waals surface area contributed by atoms with Crippen molar-refractivity contribution in [3.8, 4) is 29.1 Å². The highest BCUT2D eigenvalue weighted by atomic mass is 16.7. The number of esters is 1. The van der Waals surface area contributed by atoms with Crippen LogP contribution in [0.4, 0.5) is 0 Å². The van der Waals surface area contributed by atoms with Gasteiger partial charge < -0.3 is 18.9 Å². The summed E-state index contributed by atoms with van der Waals surface area (Å²) in [5, 5.41) is 8.75. The molecular formula is C17H13NO5. The maximum atomic E-state index is 12.1. The average molecular weight is 311 g/mol. The first-order chi connectivity index (χ1) is 11.2. The largest absolute Gasteiger partial charge is 0.479 e. The Morgan fingerprint density at radius 3 is 2.57 bits per heavy atom. The third kappa shape index (κ3) is 3.35. The predicted molar refractivity (Wildman–Crippen MR) is 79.4 cm³/mol. The number of ether oxygens (including phenoxy) is 4. The Hall–Kier alpha value is -3.20. The van der Waals surface area contributed by atoms with Gasteiger partial charge in [0.05, 0.1) is 11.6 Å². The Morgan fingerprint density at radius 1 is 1.13 bits per heavy atom. The van der Waals surface area contributed by atoms with Gasteiger partial charge in [0.1, 0.15) is 11.5 Å². The fraction of sp³-hybridized carbons (Fsp3) is 0.176. The molecule has 3 rings (SSSR count). The summed E-state index contributed by atoms with van der Waals surface area (Å²) in [6, 6.07) is 13.4. The van der Waals surface area contributed by atoms with Crippen molar-refractivity contribution in [3.05, 3.63) is 48.0 Å². The number of nitrogens with zero attached hydrogens (tertiary/aromatic N) is 1. The van der Waals surface area contributed by atoms with E-state index in [1.165, 1.54) is 0 Å². The SMILES string of the molecule is CC(Oc1ccc(C#N)cc1)C(=O)Oc1ccc2c(c1)OCO2. The normalized spacial score (nSPS) is 13.0. The summed E-state index contributed by atoms with van der Waals surface area (Å²) in [6.45, 7) is 1.75. The first-order valence-corrected chi connectivity index (χ1v) is 6.94. The second-order valence-corrected chi connectivity index (χ2v) is 4.83. The van der Waals surface area contributed by atoms with Crippen LogP contribution in [0, 0.1) is 11.3 Å². The molecule has 0 radical (unpaired) electrons. The summed E-state index contributed by atoms with van der Waals surface area (Å²) >= 11 is 0. The van der Waals surface area contributed by atoms with Crippen molar-refractivity contribution < 1.29 is 23.7 Å². The maximum Gasteiger partial charge on any atom is 0.352 e. The Kier molecular flexibility index (Phi) is 4.02. The van der Waals surface area contributed by atoms with Crippen molar-refractivity contribution in [1.82, 2.24) is 0 Å². The van der Waals surface area contributed by atoms with Gasteiger partial charge in [0.25, 0.3) is 0 Å². The van der Waals surface area contributed by atoms with Crippen molar-refractivity contribution in [2.75, 3.05) is 6.79 Å². The van der Waals surface area contributed by atoms with E-state index in [9.17, 15) is 4.79 Å². The first kappa shape index (κ1) is 14.7. The van der Waals surface area contributed by atoms with E-state index in [4.69, 9.17) is 24.2 Å². The second-order valence-electron chi connectivity index (χ2n) is 4.83. The summed E-state index contributed by atoms with van der Waals surface area (Å²) < 4.78 is 21.2. The Morgan fingerprint density at radius 2 is 1.83 bits per heavy atom. The van der Waals surface area contributed by atoms with Gasteiger partial charge in [-0.15, -0.1) is 0 Å². The van der Waals surface area contributed by atoms with E-state index in [-0.39, 0.29) is 6.79 Å². The molecule has 0 fully saturated rings. The molecule has 1 aliphatic heterocycles. The summed E-state index contributed by atoms with van der Waals surface area (Å²) in [7, 11) is 0. The van der Waals surface area contributed by atoms with Crippen LogP contribution in [0.5, 0.6) is 23.0 Å². The summed E-state index contributed by atoms with van der Waals surface area (Å²) in [5.74, 6) is 1.46. The van der Waals surface area contributed by atoms with E-state index in [1.54, 1.807) is 49.4 Å². The van der Waals surface area contributed by atoms with Gasteiger partial charge in [-0.2, -0.15) is 5.26 Å². The molecule has 2 aromatic carbocycles. The number of fused-ring (bicyclic) bond motifs is 1. The van der Waals surface area contributed by atoms with Crippen LogP contribution in [0.15, 0.2) is 42.5 Å². The molecule has 0 N–H and O–H groups in total. The van der Waals surface area contributed by atoms with Crippen molar-refractivity contribution in [3.63, 3.8) is 0 Å². The molecule has 0 aromatic heterocycles. The number of hydrogen-bond donors (Lipinski definition) is 0. The van der Waals surface area contributed by atoms with E-state index in [0.29, 0.717) is 28.6 Å². The van der Waals surface area contributed by atoms with Gasteiger partial charge in [-0.3, -0.25) is 0 Å². The quantitative estimate of drug-likeness (QED) is 0.638. The van der Waals surface area contributed by atoms with Crippen LogP contribution in [0.25, 0.3) is 0 Å². The highest BCUT2D eigenvalue weighted by Crippen LogP contribution is 2.35. The molecule has 0 bridgehead atoms. The first-order valence-electron chi connectivity index (χ1n) is 6.94. The van der Waals surface area contributed by atoms with Crippen molar-refractivity contribution >= 4 is 5.97 Å². The minimum Gasteiger partial charge on any atom is -0.479 e. The molecule has 0 saturated heterocycles. The van der Waals surface area contributed by atoms with Crippen LogP contribution >= 0.6 is 0 Å². The van der Waals surface area contributed by atoms with Crippen molar-refractivity contribution in [1.29, 1.82) is 5.26 Å². The smallest absolute Gasteiger partial charge is 0.352 e. The lowest BCUT2D eigenvalue weighted by Gasteiger charge is -2.14. The molecule has 2 aromatic rings. The van der Waals surface area contributed by atoms with Crippen LogP contribution in [-0.2, 0) is 4.79 Å². The van der Waals surface area contributed by atoms with Crippen LogP contribution in [0.3, 0.4) is 0 Å². The fourth-order valence-corrected chi connectivity index (χ4v) is 2.00. The van der Waals surface area contributed by atoms with E-state index in [1.807, 2.05) is 6.07 Å². The Bertz CT molecular complexity index is 764. The zero-order valence-corrected chi connectivity index (χ0v) is 12.3. The van der Waals surface area contributed by atoms with Gasteiger partial charge in [0.2, 0.25) is 6.79 Å². The molecule has 116 valence electrons. The van der Waals surface area contributed by atoms with Crippen LogP contribution in [0.1, 0.15) is 12.5 Å². The number of carbonyl (C=O) groups is 1. The zero-order chi connectivity index (χ0) is 16.2. The number of benzene rings is 2. The molecule has 6 heteroatoms. The molecular weight excluding hydrogens is 298 g/mol. The zero-order valence-electron chi connectivity index (χ0n) is 12.3. The summed E-state index contributed by atoms with van der Waals surface area (Å²) in [5.41, 5.74) is 0.521. The third-order valence-electron chi connectivity index (χ3n) is 3.19. The molecule has 1 heterocycles. The molecule has 1 atom stereocenters. The molecule has 6 nitrogen and oxygen atoms in total. The number of nitriles is 1. The molecule has 0 amide bonds. The van der Waals surface area contributed by atoms with Crippen molar-refractivity contribution in [2.24, 2.45) is 0 Å². The standard InChI is InChI=1S/C17H13NO5/c1-11(22-13-4-2-12(9-18)3-5-13)17(19)23-14-6-7-15-16(8-14)21-10-20-15/h2-8,11H,10H2,1H3. The lowest BCUT2D eigenvalue weighted by atomic mass is 10.2. The molecule has 0 aliphatic carbocycles. The summed E-state index contributed by atoms with van der Waals surface area (Å²) in [6.07, 6.45) is -0.798. The van der Waals surface area contributed by atoms with Crippen LogP contribution in [-0.4, -0.2) is 18.9 Å². The minimum absolute atomic E-state index is 0.158. The van der Waals surface area contributed by atoms with Gasteiger partial charge in [-0.1, -0.05) is 0 Å². The monoisotopic (exact) mass is 311 g/mol. The van der Waals surface area contributed by atoms with Gasteiger partial charge in [0, 0.05) is 6.07 Å².